The number of carbonyl (C=O) groups is 1. The zero-order chi connectivity index (χ0) is 18.4. The van der Waals surface area contributed by atoms with Gasteiger partial charge in [-0.1, -0.05) is 62.4 Å². The van der Waals surface area contributed by atoms with Crippen molar-refractivity contribution < 1.29 is 9.18 Å². The smallest absolute Gasteiger partial charge is 0.143 e. The van der Waals surface area contributed by atoms with E-state index >= 15 is 0 Å². The Morgan fingerprint density at radius 3 is 2.52 bits per heavy atom. The molecule has 0 aliphatic heterocycles. The molecule has 2 heteroatoms. The second-order valence-electron chi connectivity index (χ2n) is 6.62. The topological polar surface area (TPSA) is 17.1 Å². The van der Waals surface area contributed by atoms with Crippen LogP contribution in [0.2, 0.25) is 0 Å². The molecule has 2 rings (SSSR count). The van der Waals surface area contributed by atoms with E-state index in [0.29, 0.717) is 17.8 Å². The van der Waals surface area contributed by atoms with E-state index in [0.717, 1.165) is 5.56 Å². The van der Waals surface area contributed by atoms with Gasteiger partial charge in [0.15, 0.2) is 0 Å². The van der Waals surface area contributed by atoms with Gasteiger partial charge in [0.2, 0.25) is 0 Å². The van der Waals surface area contributed by atoms with Crippen LogP contribution < -0.4 is 0 Å². The number of fused-ring (bicyclic) bond motifs is 1. The summed E-state index contributed by atoms with van der Waals surface area (Å²) in [4.78, 5) is 10.4. The van der Waals surface area contributed by atoms with Crippen LogP contribution in [0, 0.1) is 13.8 Å². The van der Waals surface area contributed by atoms with Gasteiger partial charge < -0.3 is 0 Å². The molecule has 0 fully saturated rings. The maximum Gasteiger partial charge on any atom is 0.143 e. The van der Waals surface area contributed by atoms with Gasteiger partial charge in [-0.25, -0.2) is 4.39 Å². The Kier molecular flexibility index (Phi) is 6.46. The Bertz CT molecular complexity index is 809. The summed E-state index contributed by atoms with van der Waals surface area (Å²) in [5, 5.41) is 0. The van der Waals surface area contributed by atoms with E-state index in [2.05, 4.69) is 52.0 Å². The number of halogens is 1. The summed E-state index contributed by atoms with van der Waals surface area (Å²) in [6.07, 6.45) is 9.15. The average molecular weight is 336 g/mol. The lowest BCUT2D eigenvalue weighted by molar-refractivity contribution is -0.104. The fourth-order valence-electron chi connectivity index (χ4n) is 2.94. The standard InChI is InChI=1S/C23H25FO/c1-16(2)20-10-9-17(3)23-21(13-18(4)22(23)14-20)8-6-5-7-19(15-24)11-12-25/h5-14,16H,15H2,1-4H3/b7-5+,8-6+,19-11+. The largest absolute Gasteiger partial charge is 0.299 e. The van der Waals surface area contributed by atoms with Crippen LogP contribution >= 0.6 is 0 Å². The molecule has 0 amide bonds. The zero-order valence-corrected chi connectivity index (χ0v) is 15.3. The molecule has 0 unspecified atom stereocenters. The number of aldehydes is 1. The minimum Gasteiger partial charge on any atom is -0.299 e. The molecule has 1 nitrogen and oxygen atoms in total. The van der Waals surface area contributed by atoms with E-state index in [4.69, 9.17) is 0 Å². The van der Waals surface area contributed by atoms with Gasteiger partial charge in [-0.3, -0.25) is 4.79 Å². The van der Waals surface area contributed by atoms with Crippen LogP contribution in [0.3, 0.4) is 0 Å². The Morgan fingerprint density at radius 1 is 1.12 bits per heavy atom. The van der Waals surface area contributed by atoms with E-state index < -0.39 is 6.67 Å². The molecule has 0 aromatic rings. The lowest BCUT2D eigenvalue weighted by atomic mass is 10.0. The first-order chi connectivity index (χ1) is 12.0. The highest BCUT2D eigenvalue weighted by molar-refractivity contribution is 5.84. The van der Waals surface area contributed by atoms with Crippen LogP contribution in [0.5, 0.6) is 0 Å². The number of allylic oxidation sites excluding steroid dienone is 5. The van der Waals surface area contributed by atoms with Gasteiger partial charge in [0.25, 0.3) is 0 Å². The molecule has 2 aliphatic rings. The minimum absolute atomic E-state index is 0.368. The first-order valence-corrected chi connectivity index (χ1v) is 8.56. The second kappa shape index (κ2) is 8.57. The summed E-state index contributed by atoms with van der Waals surface area (Å²) in [6, 6.07) is 8.84. The first-order valence-electron chi connectivity index (χ1n) is 8.56. The van der Waals surface area contributed by atoms with Crippen molar-refractivity contribution in [2.45, 2.75) is 33.6 Å². The fraction of sp³-hybridized carbons (Fsp3) is 0.261. The molecule has 0 aromatic heterocycles. The summed E-state index contributed by atoms with van der Waals surface area (Å²) >= 11 is 0. The van der Waals surface area contributed by atoms with Crippen LogP contribution in [0.25, 0.3) is 17.2 Å². The summed E-state index contributed by atoms with van der Waals surface area (Å²) in [5.41, 5.74) is 7.88. The normalized spacial score (nSPS) is 12.8. The van der Waals surface area contributed by atoms with Crippen LogP contribution in [-0.2, 0) is 4.79 Å². The number of carbonyl (C=O) groups excluding carboxylic acids is 1. The fourth-order valence-corrected chi connectivity index (χ4v) is 2.94. The monoisotopic (exact) mass is 336 g/mol. The lowest BCUT2D eigenvalue weighted by Crippen LogP contribution is -1.84. The Hall–Kier alpha value is -2.48. The van der Waals surface area contributed by atoms with Gasteiger partial charge >= 0.3 is 0 Å². The third-order valence-electron chi connectivity index (χ3n) is 4.39. The van der Waals surface area contributed by atoms with Crippen molar-refractivity contribution in [1.29, 1.82) is 0 Å². The summed E-state index contributed by atoms with van der Waals surface area (Å²) < 4.78 is 12.7. The number of hydrogen-bond acceptors (Lipinski definition) is 1. The molecule has 0 radical (unpaired) electrons. The third kappa shape index (κ3) is 4.54. The average Bonchev–Trinajstić information content (AvgIpc) is 2.77. The van der Waals surface area contributed by atoms with Gasteiger partial charge in [0.1, 0.15) is 13.0 Å². The number of hydrogen-bond donors (Lipinski definition) is 0. The molecular weight excluding hydrogens is 311 g/mol. The molecule has 0 saturated carbocycles. The first kappa shape index (κ1) is 18.9. The van der Waals surface area contributed by atoms with Gasteiger partial charge in [0, 0.05) is 0 Å². The number of rotatable bonds is 6. The predicted octanol–water partition coefficient (Wildman–Crippen LogP) is 6.20. The molecule has 2 aliphatic carbocycles. The summed E-state index contributed by atoms with van der Waals surface area (Å²) in [5.74, 6) is 0.481. The maximum absolute atomic E-state index is 12.7. The quantitative estimate of drug-likeness (QED) is 0.349. The molecule has 0 spiro atoms. The molecule has 0 heterocycles. The summed E-state index contributed by atoms with van der Waals surface area (Å²) in [6.45, 7) is 8.03. The molecule has 130 valence electrons. The molecule has 0 N–H and O–H groups in total. The van der Waals surface area contributed by atoms with Crippen molar-refractivity contribution in [3.8, 4) is 11.1 Å². The lowest BCUT2D eigenvalue weighted by Gasteiger charge is -2.04. The van der Waals surface area contributed by atoms with Crippen LogP contribution in [-0.4, -0.2) is 13.0 Å². The van der Waals surface area contributed by atoms with E-state index in [9.17, 15) is 9.18 Å². The minimum atomic E-state index is -0.644. The predicted molar refractivity (Wildman–Crippen MR) is 105 cm³/mol. The highest BCUT2D eigenvalue weighted by Gasteiger charge is 2.14. The number of aryl methyl sites for hydroxylation is 2. The zero-order valence-electron chi connectivity index (χ0n) is 15.3. The molecule has 0 bridgehead atoms. The highest BCUT2D eigenvalue weighted by atomic mass is 19.1. The molecule has 25 heavy (non-hydrogen) atoms. The van der Waals surface area contributed by atoms with Crippen LogP contribution in [0.15, 0.2) is 54.1 Å². The summed E-state index contributed by atoms with van der Waals surface area (Å²) in [7, 11) is 0. The van der Waals surface area contributed by atoms with Gasteiger partial charge in [-0.15, -0.1) is 0 Å². The third-order valence-corrected chi connectivity index (χ3v) is 4.39. The Balaban J connectivity index is 2.39. The second-order valence-corrected chi connectivity index (χ2v) is 6.62. The Morgan fingerprint density at radius 2 is 1.88 bits per heavy atom. The SMILES string of the molecule is Cc1cc(/C=C/C=C/C(=C\C=O)CF)c2c(C)ccc(C(C)C)cc1-2. The van der Waals surface area contributed by atoms with Crippen molar-refractivity contribution in [2.24, 2.45) is 0 Å². The van der Waals surface area contributed by atoms with Crippen molar-refractivity contribution in [3.63, 3.8) is 0 Å². The maximum atomic E-state index is 12.7. The molecular formula is C23H25FO. The molecule has 0 aromatic carbocycles. The highest BCUT2D eigenvalue weighted by Crippen LogP contribution is 2.36. The Labute approximate surface area is 149 Å². The van der Waals surface area contributed by atoms with Crippen molar-refractivity contribution in [2.75, 3.05) is 6.67 Å². The van der Waals surface area contributed by atoms with Gasteiger partial charge in [-0.05, 0) is 64.8 Å². The van der Waals surface area contributed by atoms with Gasteiger partial charge in [0.05, 0.1) is 0 Å². The molecule has 0 atom stereocenters. The van der Waals surface area contributed by atoms with E-state index in [-0.39, 0.29) is 0 Å². The van der Waals surface area contributed by atoms with E-state index in [1.165, 1.54) is 33.9 Å². The molecule has 0 saturated heterocycles. The van der Waals surface area contributed by atoms with Gasteiger partial charge in [-0.2, -0.15) is 0 Å². The van der Waals surface area contributed by atoms with Crippen molar-refractivity contribution in [1.82, 2.24) is 0 Å². The number of alkyl halides is 1. The van der Waals surface area contributed by atoms with Crippen molar-refractivity contribution in [3.05, 3.63) is 76.4 Å². The van der Waals surface area contributed by atoms with E-state index in [1.807, 2.05) is 12.2 Å². The van der Waals surface area contributed by atoms with Crippen molar-refractivity contribution >= 4 is 12.4 Å². The van der Waals surface area contributed by atoms with Crippen LogP contribution in [0.4, 0.5) is 4.39 Å². The van der Waals surface area contributed by atoms with Crippen LogP contribution in [0.1, 0.15) is 42.0 Å². The van der Waals surface area contributed by atoms with E-state index in [1.54, 1.807) is 12.2 Å².